The fourth-order valence-electron chi connectivity index (χ4n) is 1.88. The van der Waals surface area contributed by atoms with Crippen molar-refractivity contribution in [1.82, 2.24) is 0 Å². The van der Waals surface area contributed by atoms with Crippen LogP contribution in [0, 0.1) is 0 Å². The second-order valence-electron chi connectivity index (χ2n) is 3.60. The fraction of sp³-hybridized carbons (Fsp3) is 0.0714. The van der Waals surface area contributed by atoms with Crippen molar-refractivity contribution in [3.05, 3.63) is 60.2 Å². The normalized spacial score (nSPS) is 9.65. The smallest absolute Gasteiger partial charge is 0.545 e. The summed E-state index contributed by atoms with van der Waals surface area (Å²) in [5.74, 6) is -1.13. The van der Waals surface area contributed by atoms with E-state index in [0.29, 0.717) is 6.42 Å². The third-order valence-corrected chi connectivity index (χ3v) is 2.58. The molecular weight excluding hydrogens is 223 g/mol. The molecule has 2 nitrogen and oxygen atoms in total. The molecule has 0 amide bonds. The van der Waals surface area contributed by atoms with Crippen molar-refractivity contribution in [2.45, 2.75) is 6.42 Å². The number of hydrogen-bond acceptors (Lipinski definition) is 2. The second-order valence-corrected chi connectivity index (χ2v) is 3.60. The van der Waals surface area contributed by atoms with Crippen LogP contribution >= 0.6 is 0 Å². The van der Waals surface area contributed by atoms with Gasteiger partial charge in [-0.2, -0.15) is 0 Å². The van der Waals surface area contributed by atoms with Crippen molar-refractivity contribution >= 4 is 16.7 Å². The molecule has 0 radical (unpaired) electrons. The molecule has 17 heavy (non-hydrogen) atoms. The van der Waals surface area contributed by atoms with Gasteiger partial charge in [0.25, 0.3) is 0 Å². The van der Waals surface area contributed by atoms with Crippen LogP contribution in [-0.4, -0.2) is 5.97 Å². The van der Waals surface area contributed by atoms with E-state index in [4.69, 9.17) is 0 Å². The van der Waals surface area contributed by atoms with Gasteiger partial charge in [0.05, 0.1) is 5.97 Å². The minimum atomic E-state index is -1.13. The SMILES string of the molecule is C=CCc1ccc2ccccc2c1C(=O)[O-].[Na+]. The number of hydrogen-bond donors (Lipinski definition) is 0. The Morgan fingerprint density at radius 2 is 1.94 bits per heavy atom. The van der Waals surface area contributed by atoms with Crippen molar-refractivity contribution in [1.29, 1.82) is 0 Å². The predicted molar refractivity (Wildman–Crippen MR) is 62.2 cm³/mol. The average molecular weight is 234 g/mol. The van der Waals surface area contributed by atoms with Crippen molar-refractivity contribution in [3.63, 3.8) is 0 Å². The van der Waals surface area contributed by atoms with E-state index in [1.807, 2.05) is 30.3 Å². The van der Waals surface area contributed by atoms with Crippen LogP contribution in [0.15, 0.2) is 49.1 Å². The first-order valence-corrected chi connectivity index (χ1v) is 5.07. The molecule has 0 fully saturated rings. The number of rotatable bonds is 3. The van der Waals surface area contributed by atoms with Gasteiger partial charge in [-0.25, -0.2) is 0 Å². The molecule has 0 aliphatic rings. The molecule has 0 aliphatic heterocycles. The van der Waals surface area contributed by atoms with E-state index in [2.05, 4.69) is 6.58 Å². The molecule has 0 aliphatic carbocycles. The number of carboxylic acids is 1. The van der Waals surface area contributed by atoms with Gasteiger partial charge in [-0.1, -0.05) is 42.5 Å². The molecular formula is C14H11NaO2. The monoisotopic (exact) mass is 234 g/mol. The summed E-state index contributed by atoms with van der Waals surface area (Å²) in [4.78, 5) is 11.2. The minimum absolute atomic E-state index is 0. The van der Waals surface area contributed by atoms with E-state index in [9.17, 15) is 9.90 Å². The third-order valence-electron chi connectivity index (χ3n) is 2.58. The van der Waals surface area contributed by atoms with Gasteiger partial charge < -0.3 is 9.90 Å². The Labute approximate surface area is 122 Å². The summed E-state index contributed by atoms with van der Waals surface area (Å²) in [5, 5.41) is 12.8. The van der Waals surface area contributed by atoms with Crippen LogP contribution in [-0.2, 0) is 6.42 Å². The van der Waals surface area contributed by atoms with Crippen LogP contribution in [0.1, 0.15) is 15.9 Å². The number of fused-ring (bicyclic) bond motifs is 1. The molecule has 0 bridgehead atoms. The average Bonchev–Trinajstić information content (AvgIpc) is 2.28. The Hall–Kier alpha value is -1.09. The number of aromatic carboxylic acids is 1. The molecule has 80 valence electrons. The van der Waals surface area contributed by atoms with Gasteiger partial charge in [-0.15, -0.1) is 6.58 Å². The zero-order chi connectivity index (χ0) is 11.5. The van der Waals surface area contributed by atoms with Crippen molar-refractivity contribution < 1.29 is 39.5 Å². The van der Waals surface area contributed by atoms with Crippen LogP contribution in [0.4, 0.5) is 0 Å². The van der Waals surface area contributed by atoms with E-state index in [1.54, 1.807) is 12.1 Å². The fourth-order valence-corrected chi connectivity index (χ4v) is 1.88. The minimum Gasteiger partial charge on any atom is -0.545 e. The first-order chi connectivity index (χ1) is 7.74. The Morgan fingerprint density at radius 3 is 2.59 bits per heavy atom. The number of carbonyl (C=O) groups excluding carboxylic acids is 1. The van der Waals surface area contributed by atoms with Gasteiger partial charge in [0, 0.05) is 5.56 Å². The molecule has 0 unspecified atom stereocenters. The van der Waals surface area contributed by atoms with Gasteiger partial charge in [0.1, 0.15) is 0 Å². The molecule has 0 heterocycles. The van der Waals surface area contributed by atoms with Crippen LogP contribution in [0.25, 0.3) is 10.8 Å². The second kappa shape index (κ2) is 6.01. The quantitative estimate of drug-likeness (QED) is 0.501. The number of carbonyl (C=O) groups is 1. The van der Waals surface area contributed by atoms with Crippen LogP contribution in [0.3, 0.4) is 0 Å². The first kappa shape index (κ1) is 14.0. The summed E-state index contributed by atoms with van der Waals surface area (Å²) >= 11 is 0. The van der Waals surface area contributed by atoms with Gasteiger partial charge in [0.2, 0.25) is 0 Å². The molecule has 0 spiro atoms. The molecule has 2 aromatic rings. The maximum absolute atomic E-state index is 11.2. The van der Waals surface area contributed by atoms with E-state index >= 15 is 0 Å². The predicted octanol–water partition coefficient (Wildman–Crippen LogP) is -1.06. The van der Waals surface area contributed by atoms with Crippen LogP contribution < -0.4 is 34.7 Å². The first-order valence-electron chi connectivity index (χ1n) is 5.07. The van der Waals surface area contributed by atoms with Crippen LogP contribution in [0.5, 0.6) is 0 Å². The zero-order valence-electron chi connectivity index (χ0n) is 9.77. The maximum atomic E-state index is 11.2. The summed E-state index contributed by atoms with van der Waals surface area (Å²) in [7, 11) is 0. The third kappa shape index (κ3) is 2.78. The van der Waals surface area contributed by atoms with E-state index < -0.39 is 5.97 Å². The Balaban J connectivity index is 0.00000144. The van der Waals surface area contributed by atoms with Gasteiger partial charge in [-0.3, -0.25) is 0 Å². The molecule has 2 rings (SSSR count). The van der Waals surface area contributed by atoms with Crippen molar-refractivity contribution in [2.24, 2.45) is 0 Å². The van der Waals surface area contributed by atoms with Crippen LogP contribution in [0.2, 0.25) is 0 Å². The maximum Gasteiger partial charge on any atom is 1.00 e. The molecule has 0 saturated carbocycles. The van der Waals surface area contributed by atoms with E-state index in [1.165, 1.54) is 0 Å². The standard InChI is InChI=1S/C14H12O2.Na/c1-2-5-11-9-8-10-6-3-4-7-12(10)13(11)14(15)16;/h2-4,6-9H,1,5H2,(H,15,16);/q;+1/p-1. The number of allylic oxidation sites excluding steroid dienone is 1. The summed E-state index contributed by atoms with van der Waals surface area (Å²) in [6.45, 7) is 3.62. The molecule has 0 atom stereocenters. The van der Waals surface area contributed by atoms with Crippen molar-refractivity contribution in [2.75, 3.05) is 0 Å². The van der Waals surface area contributed by atoms with E-state index in [-0.39, 0.29) is 35.1 Å². The Kier molecular flexibility index (Phi) is 4.94. The summed E-state index contributed by atoms with van der Waals surface area (Å²) in [6, 6.07) is 11.1. The summed E-state index contributed by atoms with van der Waals surface area (Å²) in [6.07, 6.45) is 2.23. The Morgan fingerprint density at radius 1 is 1.24 bits per heavy atom. The summed E-state index contributed by atoms with van der Waals surface area (Å²) in [5.41, 5.74) is 1.02. The topological polar surface area (TPSA) is 40.1 Å². The van der Waals surface area contributed by atoms with Gasteiger partial charge in [-0.05, 0) is 22.8 Å². The van der Waals surface area contributed by atoms with E-state index in [0.717, 1.165) is 16.3 Å². The molecule has 0 saturated heterocycles. The molecule has 0 aromatic heterocycles. The molecule has 2 aromatic carbocycles. The summed E-state index contributed by atoms with van der Waals surface area (Å²) < 4.78 is 0. The largest absolute Gasteiger partial charge is 1.00 e. The van der Waals surface area contributed by atoms with Gasteiger partial charge in [0.15, 0.2) is 0 Å². The van der Waals surface area contributed by atoms with Crippen molar-refractivity contribution in [3.8, 4) is 0 Å². The van der Waals surface area contributed by atoms with Gasteiger partial charge >= 0.3 is 29.6 Å². The Bertz CT molecular complexity index is 561. The number of carboxylic acid groups (broad SMARTS) is 1. The number of benzene rings is 2. The zero-order valence-corrected chi connectivity index (χ0v) is 11.8. The molecule has 3 heteroatoms. The molecule has 0 N–H and O–H groups in total.